The molecule has 3 aromatic rings. The standard InChI is InChI=1S/C27H32N2O5S/c1-20-15-21(2)17-23(16-20)29(19-27(30)28-14-8-11-22-9-6-5-7-10-22)35(31,32)24-12-13-25(33-3)26(18-24)34-4/h5-7,9-10,12-13,15-18H,8,11,14,19H2,1-4H3,(H,28,30). The Morgan fingerprint density at radius 3 is 2.17 bits per heavy atom. The zero-order valence-electron chi connectivity index (χ0n) is 20.6. The van der Waals surface area contributed by atoms with Crippen LogP contribution in [0.15, 0.2) is 71.6 Å². The summed E-state index contributed by atoms with van der Waals surface area (Å²) in [5.74, 6) is 0.334. The Hall–Kier alpha value is -3.52. The number of nitrogens with zero attached hydrogens (tertiary/aromatic N) is 1. The van der Waals surface area contributed by atoms with E-state index in [2.05, 4.69) is 5.32 Å². The van der Waals surface area contributed by atoms with E-state index in [4.69, 9.17) is 9.47 Å². The Morgan fingerprint density at radius 2 is 1.54 bits per heavy atom. The third-order valence-corrected chi connectivity index (χ3v) is 7.30. The minimum Gasteiger partial charge on any atom is -0.493 e. The average molecular weight is 497 g/mol. The molecule has 0 atom stereocenters. The summed E-state index contributed by atoms with van der Waals surface area (Å²) < 4.78 is 39.1. The van der Waals surface area contributed by atoms with Gasteiger partial charge in [0.15, 0.2) is 11.5 Å². The van der Waals surface area contributed by atoms with E-state index in [9.17, 15) is 13.2 Å². The number of benzene rings is 3. The average Bonchev–Trinajstić information content (AvgIpc) is 2.84. The molecule has 1 N–H and O–H groups in total. The lowest BCUT2D eigenvalue weighted by Crippen LogP contribution is -2.41. The molecular weight excluding hydrogens is 464 g/mol. The van der Waals surface area contributed by atoms with E-state index in [1.54, 1.807) is 12.1 Å². The van der Waals surface area contributed by atoms with Crippen LogP contribution in [-0.2, 0) is 21.2 Å². The second kappa shape index (κ2) is 11.8. The Morgan fingerprint density at radius 1 is 0.886 bits per heavy atom. The van der Waals surface area contributed by atoms with E-state index in [0.717, 1.165) is 28.3 Å². The molecule has 0 aliphatic rings. The van der Waals surface area contributed by atoms with Crippen molar-refractivity contribution in [2.45, 2.75) is 31.6 Å². The van der Waals surface area contributed by atoms with Crippen molar-refractivity contribution in [1.29, 1.82) is 0 Å². The minimum atomic E-state index is -4.08. The van der Waals surface area contributed by atoms with Crippen molar-refractivity contribution >= 4 is 21.6 Å². The molecule has 7 nitrogen and oxygen atoms in total. The van der Waals surface area contributed by atoms with E-state index in [0.29, 0.717) is 23.7 Å². The third kappa shape index (κ3) is 6.76. The van der Waals surface area contributed by atoms with Crippen LogP contribution in [-0.4, -0.2) is 41.6 Å². The number of amides is 1. The van der Waals surface area contributed by atoms with Gasteiger partial charge < -0.3 is 14.8 Å². The van der Waals surface area contributed by atoms with Gasteiger partial charge in [-0.1, -0.05) is 36.4 Å². The highest BCUT2D eigenvalue weighted by molar-refractivity contribution is 7.92. The fourth-order valence-electron chi connectivity index (χ4n) is 3.87. The normalized spacial score (nSPS) is 11.1. The molecule has 1 amide bonds. The number of rotatable bonds is 11. The van der Waals surface area contributed by atoms with Gasteiger partial charge in [-0.3, -0.25) is 9.10 Å². The van der Waals surface area contributed by atoms with Crippen LogP contribution in [0, 0.1) is 13.8 Å². The van der Waals surface area contributed by atoms with Crippen LogP contribution < -0.4 is 19.1 Å². The molecule has 0 aromatic heterocycles. The maximum atomic E-state index is 13.7. The molecule has 0 saturated heterocycles. The van der Waals surface area contributed by atoms with Gasteiger partial charge in [0.05, 0.1) is 24.8 Å². The van der Waals surface area contributed by atoms with Gasteiger partial charge in [-0.05, 0) is 67.6 Å². The molecule has 3 rings (SSSR count). The fourth-order valence-corrected chi connectivity index (χ4v) is 5.29. The third-order valence-electron chi connectivity index (χ3n) is 5.53. The van der Waals surface area contributed by atoms with Crippen LogP contribution in [0.4, 0.5) is 5.69 Å². The van der Waals surface area contributed by atoms with E-state index in [-0.39, 0.29) is 17.3 Å². The zero-order valence-corrected chi connectivity index (χ0v) is 21.4. The molecule has 0 aliphatic heterocycles. The SMILES string of the molecule is COc1ccc(S(=O)(=O)N(CC(=O)NCCCc2ccccc2)c2cc(C)cc(C)c2)cc1OC. The van der Waals surface area contributed by atoms with Crippen molar-refractivity contribution in [2.75, 3.05) is 31.6 Å². The number of hydrogen-bond acceptors (Lipinski definition) is 5. The first-order chi connectivity index (χ1) is 16.7. The summed E-state index contributed by atoms with van der Waals surface area (Å²) in [5.41, 5.74) is 3.41. The molecule has 35 heavy (non-hydrogen) atoms. The van der Waals surface area contributed by atoms with Gasteiger partial charge in [-0.15, -0.1) is 0 Å². The van der Waals surface area contributed by atoms with Gasteiger partial charge in [0.25, 0.3) is 10.0 Å². The number of nitrogens with one attached hydrogen (secondary N) is 1. The van der Waals surface area contributed by atoms with Gasteiger partial charge in [-0.2, -0.15) is 0 Å². The smallest absolute Gasteiger partial charge is 0.264 e. The molecule has 0 radical (unpaired) electrons. The van der Waals surface area contributed by atoms with Crippen LogP contribution in [0.5, 0.6) is 11.5 Å². The summed E-state index contributed by atoms with van der Waals surface area (Å²) in [4.78, 5) is 12.9. The number of aryl methyl sites for hydroxylation is 3. The lowest BCUT2D eigenvalue weighted by Gasteiger charge is -2.25. The Kier molecular flexibility index (Phi) is 8.76. The quantitative estimate of drug-likeness (QED) is 0.401. The molecule has 0 aliphatic carbocycles. The van der Waals surface area contributed by atoms with Crippen molar-refractivity contribution in [1.82, 2.24) is 5.32 Å². The van der Waals surface area contributed by atoms with Crippen LogP contribution in [0.25, 0.3) is 0 Å². The molecule has 0 spiro atoms. The predicted molar refractivity (Wildman–Crippen MR) is 138 cm³/mol. The van der Waals surface area contributed by atoms with E-state index >= 15 is 0 Å². The highest BCUT2D eigenvalue weighted by Gasteiger charge is 2.28. The predicted octanol–water partition coefficient (Wildman–Crippen LogP) is 4.26. The summed E-state index contributed by atoms with van der Waals surface area (Å²) >= 11 is 0. The van der Waals surface area contributed by atoms with Crippen LogP contribution in [0.1, 0.15) is 23.1 Å². The lowest BCUT2D eigenvalue weighted by molar-refractivity contribution is -0.119. The van der Waals surface area contributed by atoms with Crippen LogP contribution >= 0.6 is 0 Å². The maximum absolute atomic E-state index is 13.7. The first kappa shape index (κ1) is 26.1. The molecule has 0 unspecified atom stereocenters. The minimum absolute atomic E-state index is 0.00573. The van der Waals surface area contributed by atoms with Gasteiger partial charge >= 0.3 is 0 Å². The summed E-state index contributed by atoms with van der Waals surface area (Å²) in [6.07, 6.45) is 1.58. The van der Waals surface area contributed by atoms with Crippen molar-refractivity contribution in [3.05, 3.63) is 83.4 Å². The van der Waals surface area contributed by atoms with Crippen molar-refractivity contribution in [2.24, 2.45) is 0 Å². The topological polar surface area (TPSA) is 84.9 Å². The van der Waals surface area contributed by atoms with Crippen molar-refractivity contribution < 1.29 is 22.7 Å². The number of carbonyl (C=O) groups is 1. The largest absolute Gasteiger partial charge is 0.493 e. The number of hydrogen-bond donors (Lipinski definition) is 1. The molecular formula is C27H32N2O5S. The number of methoxy groups -OCH3 is 2. The zero-order chi connectivity index (χ0) is 25.4. The summed E-state index contributed by atoms with van der Waals surface area (Å²) in [6.45, 7) is 3.89. The second-order valence-electron chi connectivity index (χ2n) is 8.31. The number of ether oxygens (including phenoxy) is 2. The first-order valence-corrected chi connectivity index (χ1v) is 12.8. The second-order valence-corrected chi connectivity index (χ2v) is 10.2. The van der Waals surface area contributed by atoms with E-state index < -0.39 is 10.0 Å². The van der Waals surface area contributed by atoms with Crippen LogP contribution in [0.2, 0.25) is 0 Å². The molecule has 0 bridgehead atoms. The van der Waals surface area contributed by atoms with E-state index in [1.165, 1.54) is 38.0 Å². The summed E-state index contributed by atoms with van der Waals surface area (Å²) in [5, 5.41) is 2.86. The first-order valence-electron chi connectivity index (χ1n) is 11.4. The number of anilines is 1. The Bertz CT molecular complexity index is 1240. The molecule has 0 heterocycles. The van der Waals surface area contributed by atoms with Gasteiger partial charge in [0, 0.05) is 12.6 Å². The Balaban J connectivity index is 1.83. The summed E-state index contributed by atoms with van der Waals surface area (Å²) in [7, 11) is -1.15. The molecule has 186 valence electrons. The highest BCUT2D eigenvalue weighted by atomic mass is 32.2. The molecule has 0 fully saturated rings. The fraction of sp³-hybridized carbons (Fsp3) is 0.296. The molecule has 3 aromatic carbocycles. The number of sulfonamides is 1. The van der Waals surface area contributed by atoms with Crippen molar-refractivity contribution in [3.63, 3.8) is 0 Å². The number of carbonyl (C=O) groups excluding carboxylic acids is 1. The monoisotopic (exact) mass is 496 g/mol. The molecule has 0 saturated carbocycles. The van der Waals surface area contributed by atoms with Gasteiger partial charge in [0.1, 0.15) is 6.54 Å². The Labute approximate surface area is 207 Å². The van der Waals surface area contributed by atoms with Crippen LogP contribution in [0.3, 0.4) is 0 Å². The lowest BCUT2D eigenvalue weighted by atomic mass is 10.1. The highest BCUT2D eigenvalue weighted by Crippen LogP contribution is 2.32. The molecule has 8 heteroatoms. The summed E-state index contributed by atoms with van der Waals surface area (Å²) in [6, 6.07) is 19.9. The van der Waals surface area contributed by atoms with Gasteiger partial charge in [-0.25, -0.2) is 8.42 Å². The maximum Gasteiger partial charge on any atom is 0.264 e. The van der Waals surface area contributed by atoms with Gasteiger partial charge in [0.2, 0.25) is 5.91 Å². The van der Waals surface area contributed by atoms with Crippen molar-refractivity contribution in [3.8, 4) is 11.5 Å². The van der Waals surface area contributed by atoms with E-state index in [1.807, 2.05) is 50.2 Å².